The quantitative estimate of drug-likeness (QED) is 0.653. The number of benzene rings is 1. The second-order valence-electron chi connectivity index (χ2n) is 4.93. The number of carbonyl (C=O) groups is 1. The van der Waals surface area contributed by atoms with E-state index in [0.29, 0.717) is 13.0 Å². The molecule has 2 N–H and O–H groups in total. The molecule has 1 aromatic carbocycles. The van der Waals surface area contributed by atoms with Gasteiger partial charge in [0.1, 0.15) is 5.75 Å². The molecule has 120 valence electrons. The van der Waals surface area contributed by atoms with Crippen LogP contribution in [0.2, 0.25) is 0 Å². The van der Waals surface area contributed by atoms with Crippen molar-refractivity contribution in [3.05, 3.63) is 29.8 Å². The fourth-order valence-corrected chi connectivity index (χ4v) is 1.86. The van der Waals surface area contributed by atoms with Crippen LogP contribution in [0, 0.1) is 6.92 Å². The minimum absolute atomic E-state index is 0. The molecule has 0 spiro atoms. The molecule has 1 rings (SSSR count). The van der Waals surface area contributed by atoms with Gasteiger partial charge in [0.25, 0.3) is 0 Å². The Kier molecular flexibility index (Phi) is 11.7. The molecule has 0 aliphatic rings. The average molecular weight is 315 g/mol. The zero-order chi connectivity index (χ0) is 14.6. The predicted molar refractivity (Wildman–Crippen MR) is 89.3 cm³/mol. The number of aryl methyl sites for hydroxylation is 1. The van der Waals surface area contributed by atoms with Crippen LogP contribution >= 0.6 is 12.4 Å². The first-order valence-corrected chi connectivity index (χ1v) is 7.33. The lowest BCUT2D eigenvalue weighted by Crippen LogP contribution is -2.26. The number of nitrogens with one attached hydrogen (secondary N) is 2. The van der Waals surface area contributed by atoms with E-state index in [4.69, 9.17) is 4.74 Å². The highest BCUT2D eigenvalue weighted by Gasteiger charge is 2.00. The summed E-state index contributed by atoms with van der Waals surface area (Å²) in [5.74, 6) is 1.04. The number of hydrogen-bond donors (Lipinski definition) is 2. The molecule has 21 heavy (non-hydrogen) atoms. The van der Waals surface area contributed by atoms with Crippen LogP contribution in [0.5, 0.6) is 5.75 Å². The monoisotopic (exact) mass is 314 g/mol. The van der Waals surface area contributed by atoms with Gasteiger partial charge in [-0.3, -0.25) is 4.79 Å². The van der Waals surface area contributed by atoms with Gasteiger partial charge in [0.15, 0.2) is 0 Å². The SMILES string of the molecule is CNCCCNC(=O)CCCCOc1cccc(C)c1.Cl. The smallest absolute Gasteiger partial charge is 0.219 e. The number of rotatable bonds is 10. The number of halogens is 1. The van der Waals surface area contributed by atoms with Gasteiger partial charge in [-0.2, -0.15) is 0 Å². The molecule has 0 aromatic heterocycles. The maximum atomic E-state index is 11.5. The maximum absolute atomic E-state index is 11.5. The summed E-state index contributed by atoms with van der Waals surface area (Å²) in [5.41, 5.74) is 1.20. The van der Waals surface area contributed by atoms with Crippen LogP contribution in [-0.4, -0.2) is 32.7 Å². The number of unbranched alkanes of at least 4 members (excludes halogenated alkanes) is 1. The Morgan fingerprint density at radius 3 is 2.71 bits per heavy atom. The molecule has 0 unspecified atom stereocenters. The van der Waals surface area contributed by atoms with Crippen LogP contribution < -0.4 is 15.4 Å². The second kappa shape index (κ2) is 12.5. The third-order valence-electron chi connectivity index (χ3n) is 2.98. The van der Waals surface area contributed by atoms with Gasteiger partial charge >= 0.3 is 0 Å². The van der Waals surface area contributed by atoms with E-state index in [-0.39, 0.29) is 18.3 Å². The topological polar surface area (TPSA) is 50.4 Å². The maximum Gasteiger partial charge on any atom is 0.219 e. The predicted octanol–water partition coefficient (Wildman–Crippen LogP) is 2.69. The highest BCUT2D eigenvalue weighted by atomic mass is 35.5. The van der Waals surface area contributed by atoms with Gasteiger partial charge in [-0.25, -0.2) is 0 Å². The standard InChI is InChI=1S/C16H26N2O2.ClH/c1-14-7-5-8-15(13-14)20-12-4-3-9-16(19)18-11-6-10-17-2;/h5,7-8,13,17H,3-4,6,9-12H2,1-2H3,(H,18,19);1H. The molecule has 4 nitrogen and oxygen atoms in total. The summed E-state index contributed by atoms with van der Waals surface area (Å²) < 4.78 is 5.64. The molecule has 0 fully saturated rings. The third-order valence-corrected chi connectivity index (χ3v) is 2.98. The van der Waals surface area contributed by atoms with E-state index >= 15 is 0 Å². The Bertz CT molecular complexity index is 400. The van der Waals surface area contributed by atoms with Crippen molar-refractivity contribution in [1.29, 1.82) is 0 Å². The lowest BCUT2D eigenvalue weighted by Gasteiger charge is -2.07. The molecule has 0 saturated carbocycles. The van der Waals surface area contributed by atoms with Crippen LogP contribution in [0.1, 0.15) is 31.2 Å². The van der Waals surface area contributed by atoms with Crippen molar-refractivity contribution >= 4 is 18.3 Å². The zero-order valence-corrected chi connectivity index (χ0v) is 13.8. The van der Waals surface area contributed by atoms with Gasteiger partial charge in [-0.15, -0.1) is 12.4 Å². The Balaban J connectivity index is 0.00000400. The zero-order valence-electron chi connectivity index (χ0n) is 13.0. The Morgan fingerprint density at radius 2 is 2.00 bits per heavy atom. The third kappa shape index (κ3) is 10.2. The molecule has 0 bridgehead atoms. The summed E-state index contributed by atoms with van der Waals surface area (Å²) in [5, 5.41) is 5.97. The van der Waals surface area contributed by atoms with Crippen LogP contribution in [0.25, 0.3) is 0 Å². The largest absolute Gasteiger partial charge is 0.494 e. The molecular weight excluding hydrogens is 288 g/mol. The number of hydrogen-bond acceptors (Lipinski definition) is 3. The summed E-state index contributed by atoms with van der Waals surface area (Å²) in [6, 6.07) is 8.02. The fourth-order valence-electron chi connectivity index (χ4n) is 1.86. The molecule has 0 atom stereocenters. The molecule has 1 amide bonds. The molecule has 0 saturated heterocycles. The number of amides is 1. The van der Waals surface area contributed by atoms with E-state index in [0.717, 1.165) is 38.1 Å². The van der Waals surface area contributed by atoms with E-state index in [1.165, 1.54) is 5.56 Å². The summed E-state index contributed by atoms with van der Waals surface area (Å²) >= 11 is 0. The lowest BCUT2D eigenvalue weighted by molar-refractivity contribution is -0.121. The first-order valence-electron chi connectivity index (χ1n) is 7.33. The molecular formula is C16H27ClN2O2. The van der Waals surface area contributed by atoms with Crippen molar-refractivity contribution in [3.8, 4) is 5.75 Å². The van der Waals surface area contributed by atoms with Crippen molar-refractivity contribution in [2.45, 2.75) is 32.6 Å². The second-order valence-corrected chi connectivity index (χ2v) is 4.93. The van der Waals surface area contributed by atoms with Crippen molar-refractivity contribution < 1.29 is 9.53 Å². The molecule has 5 heteroatoms. The van der Waals surface area contributed by atoms with Crippen LogP contribution in [0.3, 0.4) is 0 Å². The first-order chi connectivity index (χ1) is 9.72. The van der Waals surface area contributed by atoms with Gasteiger partial charge in [0.2, 0.25) is 5.91 Å². The minimum Gasteiger partial charge on any atom is -0.494 e. The van der Waals surface area contributed by atoms with E-state index in [2.05, 4.69) is 10.6 Å². The van der Waals surface area contributed by atoms with E-state index in [1.807, 2.05) is 38.2 Å². The van der Waals surface area contributed by atoms with Crippen molar-refractivity contribution in [2.75, 3.05) is 26.7 Å². The summed E-state index contributed by atoms with van der Waals surface area (Å²) in [7, 11) is 1.91. The first kappa shape index (κ1) is 19.7. The Labute approximate surface area is 134 Å². The number of ether oxygens (including phenoxy) is 1. The van der Waals surface area contributed by atoms with Crippen LogP contribution in [0.4, 0.5) is 0 Å². The summed E-state index contributed by atoms with van der Waals surface area (Å²) in [4.78, 5) is 11.5. The van der Waals surface area contributed by atoms with Gasteiger partial charge in [-0.1, -0.05) is 12.1 Å². The fraction of sp³-hybridized carbons (Fsp3) is 0.562. The number of carbonyl (C=O) groups excluding carboxylic acids is 1. The van der Waals surface area contributed by atoms with E-state index in [1.54, 1.807) is 0 Å². The molecule has 0 radical (unpaired) electrons. The summed E-state index contributed by atoms with van der Waals surface area (Å²) in [6.45, 7) is 4.39. The Hall–Kier alpha value is -1.26. The average Bonchev–Trinajstić information content (AvgIpc) is 2.43. The van der Waals surface area contributed by atoms with Gasteiger partial charge < -0.3 is 15.4 Å². The molecule has 0 heterocycles. The van der Waals surface area contributed by atoms with Crippen molar-refractivity contribution in [1.82, 2.24) is 10.6 Å². The van der Waals surface area contributed by atoms with E-state index in [9.17, 15) is 4.79 Å². The molecule has 0 aliphatic carbocycles. The minimum atomic E-state index is 0. The van der Waals surface area contributed by atoms with E-state index < -0.39 is 0 Å². The Morgan fingerprint density at radius 1 is 1.19 bits per heavy atom. The molecule has 0 aliphatic heterocycles. The highest BCUT2D eigenvalue weighted by Crippen LogP contribution is 2.12. The summed E-state index contributed by atoms with van der Waals surface area (Å²) in [6.07, 6.45) is 3.32. The highest BCUT2D eigenvalue weighted by molar-refractivity contribution is 5.85. The van der Waals surface area contributed by atoms with Gasteiger partial charge in [0, 0.05) is 13.0 Å². The van der Waals surface area contributed by atoms with Crippen molar-refractivity contribution in [2.24, 2.45) is 0 Å². The normalized spacial score (nSPS) is 9.81. The lowest BCUT2D eigenvalue weighted by atomic mass is 10.2. The van der Waals surface area contributed by atoms with Crippen LogP contribution in [0.15, 0.2) is 24.3 Å². The van der Waals surface area contributed by atoms with Gasteiger partial charge in [0.05, 0.1) is 6.61 Å². The van der Waals surface area contributed by atoms with Crippen molar-refractivity contribution in [3.63, 3.8) is 0 Å². The van der Waals surface area contributed by atoms with Gasteiger partial charge in [-0.05, 0) is 57.5 Å². The van der Waals surface area contributed by atoms with Crippen LogP contribution in [-0.2, 0) is 4.79 Å². The molecule has 1 aromatic rings.